The Kier molecular flexibility index (Phi) is 5.52. The van der Waals surface area contributed by atoms with Gasteiger partial charge in [-0.15, -0.1) is 0 Å². The van der Waals surface area contributed by atoms with Crippen LogP contribution in [-0.4, -0.2) is 19.4 Å². The molecule has 2 rings (SSSR count). The highest BCUT2D eigenvalue weighted by Gasteiger charge is 1.97. The van der Waals surface area contributed by atoms with Crippen molar-refractivity contribution in [2.24, 2.45) is 4.99 Å². The van der Waals surface area contributed by atoms with Crippen LogP contribution in [0.2, 0.25) is 5.02 Å². The van der Waals surface area contributed by atoms with Crippen molar-refractivity contribution >= 4 is 49.8 Å². The van der Waals surface area contributed by atoms with Gasteiger partial charge in [-0.25, -0.2) is 0 Å². The van der Waals surface area contributed by atoms with Gasteiger partial charge in [0.05, 0.1) is 17.9 Å². The minimum Gasteiger partial charge on any atom is -0.375 e. The number of rotatable bonds is 0. The van der Waals surface area contributed by atoms with Crippen molar-refractivity contribution in [3.8, 4) is 0 Å². The van der Waals surface area contributed by atoms with Gasteiger partial charge in [-0.1, -0.05) is 17.7 Å². The van der Waals surface area contributed by atoms with Gasteiger partial charge in [0.2, 0.25) is 0 Å². The molecule has 1 aliphatic rings. The van der Waals surface area contributed by atoms with Crippen molar-refractivity contribution < 1.29 is 0 Å². The van der Waals surface area contributed by atoms with Crippen LogP contribution in [0, 0.1) is 0 Å². The predicted molar refractivity (Wildman–Crippen MR) is 68.2 cm³/mol. The van der Waals surface area contributed by atoms with E-state index in [2.05, 4.69) is 42.2 Å². The smallest absolute Gasteiger partial charge is 0.0825 e. The monoisotopic (exact) mass is 338 g/mol. The number of nitrogens with one attached hydrogen (secondary N) is 1. The van der Waals surface area contributed by atoms with E-state index < -0.39 is 0 Å². The van der Waals surface area contributed by atoms with E-state index in [0.29, 0.717) is 0 Å². The topological polar surface area (TPSA) is 24.4 Å². The van der Waals surface area contributed by atoms with Crippen LogP contribution in [0.4, 0.5) is 0 Å². The van der Waals surface area contributed by atoms with Crippen molar-refractivity contribution in [2.75, 3.05) is 13.1 Å². The van der Waals surface area contributed by atoms with Gasteiger partial charge in [-0.2, -0.15) is 0 Å². The molecule has 1 heterocycles. The van der Waals surface area contributed by atoms with Crippen molar-refractivity contribution in [1.82, 2.24) is 5.32 Å². The summed E-state index contributed by atoms with van der Waals surface area (Å²) >= 11 is 12.4. The summed E-state index contributed by atoms with van der Waals surface area (Å²) in [4.78, 5) is 3.85. The van der Waals surface area contributed by atoms with Crippen LogP contribution < -0.4 is 5.32 Å². The van der Waals surface area contributed by atoms with Gasteiger partial charge in [-0.05, 0) is 44.0 Å². The van der Waals surface area contributed by atoms with Crippen LogP contribution in [0.5, 0.6) is 0 Å². The van der Waals surface area contributed by atoms with Gasteiger partial charge in [0.1, 0.15) is 0 Å². The van der Waals surface area contributed by atoms with Gasteiger partial charge in [0, 0.05) is 15.5 Å². The number of hydrogen-bond donors (Lipinski definition) is 1. The third-order valence-electron chi connectivity index (χ3n) is 1.47. The zero-order chi connectivity index (χ0) is 10.4. The molecule has 0 aliphatic carbocycles. The SMILES string of the molecule is C1=NCCN1.Clc1c(Br)cccc1Br. The zero-order valence-corrected chi connectivity index (χ0v) is 11.2. The van der Waals surface area contributed by atoms with Gasteiger partial charge in [0.15, 0.2) is 0 Å². The molecule has 1 aliphatic heterocycles. The van der Waals surface area contributed by atoms with E-state index in [-0.39, 0.29) is 0 Å². The summed E-state index contributed by atoms with van der Waals surface area (Å²) in [6.45, 7) is 1.99. The number of nitrogens with zero attached hydrogens (tertiary/aromatic N) is 1. The molecule has 0 saturated carbocycles. The largest absolute Gasteiger partial charge is 0.375 e. The van der Waals surface area contributed by atoms with Crippen LogP contribution in [0.3, 0.4) is 0 Å². The fourth-order valence-corrected chi connectivity index (χ4v) is 1.92. The fraction of sp³-hybridized carbons (Fsp3) is 0.222. The lowest BCUT2D eigenvalue weighted by Gasteiger charge is -1.95. The molecule has 1 aromatic carbocycles. The van der Waals surface area contributed by atoms with E-state index in [1.165, 1.54) is 0 Å². The first-order valence-corrected chi connectivity index (χ1v) is 5.99. The molecule has 0 amide bonds. The summed E-state index contributed by atoms with van der Waals surface area (Å²) in [6, 6.07) is 5.71. The minimum absolute atomic E-state index is 0.720. The van der Waals surface area contributed by atoms with E-state index >= 15 is 0 Å². The second-order valence-electron chi connectivity index (χ2n) is 2.53. The molecule has 5 heteroatoms. The molecular weight excluding hydrogens is 331 g/mol. The van der Waals surface area contributed by atoms with E-state index in [4.69, 9.17) is 11.6 Å². The highest BCUT2D eigenvalue weighted by molar-refractivity contribution is 9.11. The Balaban J connectivity index is 0.000000165. The quantitative estimate of drug-likeness (QED) is 0.719. The maximum Gasteiger partial charge on any atom is 0.0825 e. The first-order chi connectivity index (χ1) is 6.72. The third kappa shape index (κ3) is 3.98. The van der Waals surface area contributed by atoms with E-state index in [9.17, 15) is 0 Å². The van der Waals surface area contributed by atoms with Gasteiger partial charge < -0.3 is 5.32 Å². The molecule has 0 spiro atoms. The van der Waals surface area contributed by atoms with Crippen LogP contribution in [0.1, 0.15) is 0 Å². The average molecular weight is 340 g/mol. The van der Waals surface area contributed by atoms with Crippen molar-refractivity contribution in [2.45, 2.75) is 0 Å². The summed E-state index contributed by atoms with van der Waals surface area (Å²) in [5.41, 5.74) is 0. The Bertz CT molecular complexity index is 302. The van der Waals surface area contributed by atoms with Crippen LogP contribution in [0.25, 0.3) is 0 Å². The lowest BCUT2D eigenvalue weighted by Crippen LogP contribution is -2.04. The molecule has 76 valence electrons. The highest BCUT2D eigenvalue weighted by Crippen LogP contribution is 2.29. The lowest BCUT2D eigenvalue weighted by atomic mass is 10.4. The maximum absolute atomic E-state index is 5.78. The molecule has 0 aromatic heterocycles. The Labute approximate surface area is 105 Å². The molecule has 0 unspecified atom stereocenters. The molecule has 0 atom stereocenters. The average Bonchev–Trinajstić information content (AvgIpc) is 2.72. The van der Waals surface area contributed by atoms with Gasteiger partial charge in [0.25, 0.3) is 0 Å². The number of hydrogen-bond acceptors (Lipinski definition) is 2. The second kappa shape index (κ2) is 6.43. The van der Waals surface area contributed by atoms with Crippen LogP contribution in [0.15, 0.2) is 32.1 Å². The van der Waals surface area contributed by atoms with Crippen molar-refractivity contribution in [3.05, 3.63) is 32.2 Å². The number of aliphatic imine (C=N–C) groups is 1. The van der Waals surface area contributed by atoms with E-state index in [0.717, 1.165) is 27.1 Å². The maximum atomic E-state index is 5.78. The van der Waals surface area contributed by atoms with Crippen LogP contribution >= 0.6 is 43.5 Å². The van der Waals surface area contributed by atoms with Gasteiger partial charge in [-0.3, -0.25) is 4.99 Å². The molecule has 0 saturated heterocycles. The summed E-state index contributed by atoms with van der Waals surface area (Å²) in [5.74, 6) is 0. The standard InChI is InChI=1S/C6H3Br2Cl.C3H6N2/c7-4-2-1-3-5(8)6(4)9;1-2-5-3-4-1/h1-3H;3H,1-2H2,(H,4,5). The third-order valence-corrected chi connectivity index (χ3v) is 3.66. The second-order valence-corrected chi connectivity index (χ2v) is 4.61. The van der Waals surface area contributed by atoms with Gasteiger partial charge >= 0.3 is 0 Å². The predicted octanol–water partition coefficient (Wildman–Crippen LogP) is 3.48. The summed E-state index contributed by atoms with van der Waals surface area (Å²) in [7, 11) is 0. The molecule has 0 bridgehead atoms. The molecule has 0 fully saturated rings. The number of benzene rings is 1. The molecular formula is C9H9Br2ClN2. The van der Waals surface area contributed by atoms with E-state index in [1.807, 2.05) is 18.2 Å². The zero-order valence-electron chi connectivity index (χ0n) is 7.30. The first-order valence-electron chi connectivity index (χ1n) is 4.03. The Morgan fingerprint density at radius 3 is 2.21 bits per heavy atom. The normalized spacial score (nSPS) is 13.1. The minimum atomic E-state index is 0.720. The Morgan fingerprint density at radius 1 is 1.29 bits per heavy atom. The Hall–Kier alpha value is -0.0600. The van der Waals surface area contributed by atoms with E-state index in [1.54, 1.807) is 6.34 Å². The molecule has 0 radical (unpaired) electrons. The number of halogens is 3. The molecule has 14 heavy (non-hydrogen) atoms. The first kappa shape index (κ1) is 12.0. The molecule has 1 N–H and O–H groups in total. The van der Waals surface area contributed by atoms with Crippen LogP contribution in [-0.2, 0) is 0 Å². The molecule has 2 nitrogen and oxygen atoms in total. The fourth-order valence-electron chi connectivity index (χ4n) is 0.800. The summed E-state index contributed by atoms with van der Waals surface area (Å²) < 4.78 is 1.83. The lowest BCUT2D eigenvalue weighted by molar-refractivity contribution is 0.965. The van der Waals surface area contributed by atoms with Crippen molar-refractivity contribution in [3.63, 3.8) is 0 Å². The Morgan fingerprint density at radius 2 is 1.93 bits per heavy atom. The highest BCUT2D eigenvalue weighted by atomic mass is 79.9. The van der Waals surface area contributed by atoms with Crippen molar-refractivity contribution in [1.29, 1.82) is 0 Å². The molecule has 1 aromatic rings. The summed E-state index contributed by atoms with van der Waals surface area (Å²) in [6.07, 6.45) is 1.74. The summed E-state index contributed by atoms with van der Waals surface area (Å²) in [5, 5.41) is 3.65.